The Morgan fingerprint density at radius 3 is 1.67 bits per heavy atom. The van der Waals surface area contributed by atoms with Gasteiger partial charge in [-0.05, 0) is 0 Å². The minimum absolute atomic E-state index is 0.228. The van der Waals surface area contributed by atoms with E-state index in [4.69, 9.17) is 23.2 Å². The van der Waals surface area contributed by atoms with Crippen LogP contribution >= 0.6 is 23.2 Å². The number of hydrogen-bond acceptors (Lipinski definition) is 5. The van der Waals surface area contributed by atoms with E-state index in [0.717, 1.165) is 0 Å². The van der Waals surface area contributed by atoms with Gasteiger partial charge in [0.15, 0.2) is 5.78 Å². The zero-order valence-electron chi connectivity index (χ0n) is 12.7. The minimum Gasteiger partial charge on any atom is -0.335 e. The standard InChI is InChI=1S/C15H10Cl2N6O/c1-22-3-7(9-12(16)18-5-20-14(9)22)11(24)8-4-23(2)15-10(8)13(17)19-6-21-15/h3-6H,1-2H3. The summed E-state index contributed by atoms with van der Waals surface area (Å²) < 4.78 is 3.47. The molecule has 24 heavy (non-hydrogen) atoms. The van der Waals surface area contributed by atoms with Gasteiger partial charge >= 0.3 is 0 Å². The Hall–Kier alpha value is -2.51. The molecule has 0 saturated carbocycles. The summed E-state index contributed by atoms with van der Waals surface area (Å²) in [7, 11) is 3.59. The smallest absolute Gasteiger partial charge is 0.197 e. The number of nitrogens with zero attached hydrogens (tertiary/aromatic N) is 6. The number of carbonyl (C=O) groups is 1. The van der Waals surface area contributed by atoms with Gasteiger partial charge in [-0.2, -0.15) is 0 Å². The monoisotopic (exact) mass is 360 g/mol. The van der Waals surface area contributed by atoms with E-state index < -0.39 is 0 Å². The summed E-state index contributed by atoms with van der Waals surface area (Å²) in [5.41, 5.74) is 1.98. The Bertz CT molecular complexity index is 1040. The molecule has 4 rings (SSSR count). The summed E-state index contributed by atoms with van der Waals surface area (Å²) in [6.45, 7) is 0. The molecule has 0 aliphatic rings. The van der Waals surface area contributed by atoms with E-state index in [9.17, 15) is 4.79 Å². The average Bonchev–Trinajstić information content (AvgIpc) is 3.07. The average molecular weight is 361 g/mol. The van der Waals surface area contributed by atoms with Crippen molar-refractivity contribution in [1.82, 2.24) is 29.1 Å². The molecule has 4 heterocycles. The van der Waals surface area contributed by atoms with Crippen LogP contribution < -0.4 is 0 Å². The first-order valence-corrected chi connectivity index (χ1v) is 7.70. The molecule has 4 aromatic rings. The van der Waals surface area contributed by atoms with Crippen molar-refractivity contribution in [1.29, 1.82) is 0 Å². The Labute approximate surface area is 145 Å². The SMILES string of the molecule is Cn1cc(C(=O)c2cn(C)c3ncnc(Cl)c23)c2c(Cl)ncnc21. The molecule has 9 heteroatoms. The molecule has 0 atom stereocenters. The molecule has 0 spiro atoms. The van der Waals surface area contributed by atoms with E-state index in [2.05, 4.69) is 19.9 Å². The fourth-order valence-electron chi connectivity index (χ4n) is 2.84. The van der Waals surface area contributed by atoms with Crippen molar-refractivity contribution < 1.29 is 4.79 Å². The summed E-state index contributed by atoms with van der Waals surface area (Å²) in [4.78, 5) is 29.5. The van der Waals surface area contributed by atoms with E-state index in [1.807, 2.05) is 0 Å². The molecule has 0 saturated heterocycles. The third-order valence-corrected chi connectivity index (χ3v) is 4.48. The van der Waals surface area contributed by atoms with Gasteiger partial charge in [-0.3, -0.25) is 4.79 Å². The van der Waals surface area contributed by atoms with Gasteiger partial charge in [0.2, 0.25) is 0 Å². The van der Waals surface area contributed by atoms with E-state index >= 15 is 0 Å². The lowest BCUT2D eigenvalue weighted by Crippen LogP contribution is -2.01. The number of hydrogen-bond donors (Lipinski definition) is 0. The van der Waals surface area contributed by atoms with Crippen LogP contribution in [0, 0.1) is 0 Å². The number of carbonyl (C=O) groups excluding carboxylic acids is 1. The van der Waals surface area contributed by atoms with Gasteiger partial charge < -0.3 is 9.13 Å². The van der Waals surface area contributed by atoms with Crippen LogP contribution in [0.25, 0.3) is 22.1 Å². The van der Waals surface area contributed by atoms with Crippen molar-refractivity contribution in [3.8, 4) is 0 Å². The number of ketones is 1. The maximum absolute atomic E-state index is 13.2. The van der Waals surface area contributed by atoms with E-state index in [-0.39, 0.29) is 16.1 Å². The summed E-state index contributed by atoms with van der Waals surface area (Å²) in [6, 6.07) is 0. The van der Waals surface area contributed by atoms with Crippen molar-refractivity contribution in [2.24, 2.45) is 14.1 Å². The summed E-state index contributed by atoms with van der Waals surface area (Å²) >= 11 is 12.4. The molecule has 0 N–H and O–H groups in total. The third-order valence-electron chi connectivity index (χ3n) is 3.90. The van der Waals surface area contributed by atoms with Gasteiger partial charge in [-0.25, -0.2) is 19.9 Å². The summed E-state index contributed by atoms with van der Waals surface area (Å²) in [5, 5.41) is 1.48. The molecular weight excluding hydrogens is 351 g/mol. The summed E-state index contributed by atoms with van der Waals surface area (Å²) in [6.07, 6.45) is 6.09. The molecule has 0 amide bonds. The molecule has 0 aromatic carbocycles. The van der Waals surface area contributed by atoms with Gasteiger partial charge in [0, 0.05) is 26.5 Å². The highest BCUT2D eigenvalue weighted by atomic mass is 35.5. The second-order valence-electron chi connectivity index (χ2n) is 5.36. The highest BCUT2D eigenvalue weighted by Gasteiger charge is 2.24. The molecule has 0 bridgehead atoms. The van der Waals surface area contributed by atoms with Crippen LogP contribution in [0.5, 0.6) is 0 Å². The minimum atomic E-state index is -0.236. The van der Waals surface area contributed by atoms with Gasteiger partial charge in [0.05, 0.1) is 21.9 Å². The van der Waals surface area contributed by atoms with Crippen molar-refractivity contribution in [3.05, 3.63) is 46.5 Å². The van der Waals surface area contributed by atoms with Gasteiger partial charge in [-0.1, -0.05) is 23.2 Å². The van der Waals surface area contributed by atoms with Crippen LogP contribution in [-0.2, 0) is 14.1 Å². The molecule has 0 aliphatic carbocycles. The number of aryl methyl sites for hydroxylation is 2. The van der Waals surface area contributed by atoms with E-state index in [1.165, 1.54) is 12.7 Å². The Balaban J connectivity index is 2.02. The van der Waals surface area contributed by atoms with Crippen LogP contribution in [0.2, 0.25) is 10.3 Å². The first kappa shape index (κ1) is 15.0. The molecule has 0 unspecified atom stereocenters. The molecule has 0 aliphatic heterocycles. The second kappa shape index (κ2) is 5.25. The van der Waals surface area contributed by atoms with Crippen molar-refractivity contribution in [3.63, 3.8) is 0 Å². The van der Waals surface area contributed by atoms with Crippen LogP contribution in [0.4, 0.5) is 0 Å². The first-order chi connectivity index (χ1) is 11.5. The zero-order valence-corrected chi connectivity index (χ0v) is 14.2. The Kier molecular flexibility index (Phi) is 3.29. The molecule has 7 nitrogen and oxygen atoms in total. The first-order valence-electron chi connectivity index (χ1n) is 6.94. The zero-order chi connectivity index (χ0) is 17.0. The third kappa shape index (κ3) is 2.02. The fraction of sp³-hybridized carbons (Fsp3) is 0.133. The number of aromatic nitrogens is 6. The van der Waals surface area contributed by atoms with Gasteiger partial charge in [0.25, 0.3) is 0 Å². The number of halogens is 2. The molecular formula is C15H10Cl2N6O. The normalized spacial score (nSPS) is 11.5. The highest BCUT2D eigenvalue weighted by molar-refractivity contribution is 6.38. The predicted molar refractivity (Wildman–Crippen MR) is 90.5 cm³/mol. The van der Waals surface area contributed by atoms with Crippen molar-refractivity contribution in [2.75, 3.05) is 0 Å². The molecule has 120 valence electrons. The second-order valence-corrected chi connectivity index (χ2v) is 6.08. The van der Waals surface area contributed by atoms with E-state index in [0.29, 0.717) is 33.2 Å². The largest absolute Gasteiger partial charge is 0.335 e. The van der Waals surface area contributed by atoms with Crippen molar-refractivity contribution >= 4 is 51.1 Å². The van der Waals surface area contributed by atoms with Crippen LogP contribution in [0.15, 0.2) is 25.0 Å². The molecule has 0 radical (unpaired) electrons. The van der Waals surface area contributed by atoms with Gasteiger partial charge in [-0.15, -0.1) is 0 Å². The maximum Gasteiger partial charge on any atom is 0.197 e. The lowest BCUT2D eigenvalue weighted by molar-refractivity contribution is 0.104. The summed E-state index contributed by atoms with van der Waals surface area (Å²) in [5.74, 6) is -0.236. The highest BCUT2D eigenvalue weighted by Crippen LogP contribution is 2.31. The fourth-order valence-corrected chi connectivity index (χ4v) is 3.30. The van der Waals surface area contributed by atoms with Crippen LogP contribution in [-0.4, -0.2) is 34.9 Å². The van der Waals surface area contributed by atoms with Crippen molar-refractivity contribution in [2.45, 2.75) is 0 Å². The topological polar surface area (TPSA) is 78.5 Å². The molecule has 4 aromatic heterocycles. The Morgan fingerprint density at radius 1 is 0.833 bits per heavy atom. The lowest BCUT2D eigenvalue weighted by Gasteiger charge is -2.00. The number of fused-ring (bicyclic) bond motifs is 2. The molecule has 0 fully saturated rings. The predicted octanol–water partition coefficient (Wildman–Crippen LogP) is 2.79. The maximum atomic E-state index is 13.2. The van der Waals surface area contributed by atoms with Crippen LogP contribution in [0.1, 0.15) is 15.9 Å². The number of rotatable bonds is 2. The lowest BCUT2D eigenvalue weighted by atomic mass is 10.0. The van der Waals surface area contributed by atoms with Gasteiger partial charge in [0.1, 0.15) is 34.3 Å². The Morgan fingerprint density at radius 2 is 1.25 bits per heavy atom. The quantitative estimate of drug-likeness (QED) is 0.405. The van der Waals surface area contributed by atoms with E-state index in [1.54, 1.807) is 35.6 Å². The van der Waals surface area contributed by atoms with Crippen LogP contribution in [0.3, 0.4) is 0 Å².